The van der Waals surface area contributed by atoms with E-state index in [-0.39, 0.29) is 10.7 Å². The van der Waals surface area contributed by atoms with Crippen LogP contribution >= 0.6 is 0 Å². The van der Waals surface area contributed by atoms with Crippen LogP contribution in [-0.2, 0) is 15.4 Å². The minimum Gasteiger partial charge on any atom is -0.480 e. The SMILES string of the molecule is COc1ncc(C(C)(C)C)cc1NS(=O)(=O)C1CC1. The molecule has 1 aliphatic rings. The van der Waals surface area contributed by atoms with Gasteiger partial charge in [0.15, 0.2) is 0 Å². The molecule has 0 amide bonds. The van der Waals surface area contributed by atoms with Gasteiger partial charge in [-0.25, -0.2) is 13.4 Å². The fourth-order valence-corrected chi connectivity index (χ4v) is 3.09. The van der Waals surface area contributed by atoms with Crippen LogP contribution in [0.3, 0.4) is 0 Å². The Morgan fingerprint density at radius 3 is 2.47 bits per heavy atom. The van der Waals surface area contributed by atoms with Gasteiger partial charge in [0.1, 0.15) is 5.69 Å². The molecule has 1 aliphatic carbocycles. The fourth-order valence-electron chi connectivity index (χ4n) is 1.71. The van der Waals surface area contributed by atoms with Crippen LogP contribution in [0.4, 0.5) is 5.69 Å². The maximum atomic E-state index is 12.0. The van der Waals surface area contributed by atoms with Crippen molar-refractivity contribution in [3.63, 3.8) is 0 Å². The van der Waals surface area contributed by atoms with E-state index in [2.05, 4.69) is 30.5 Å². The molecule has 1 fully saturated rings. The largest absolute Gasteiger partial charge is 0.480 e. The number of nitrogens with zero attached hydrogens (tertiary/aromatic N) is 1. The number of ether oxygens (including phenoxy) is 1. The zero-order valence-electron chi connectivity index (χ0n) is 11.7. The van der Waals surface area contributed by atoms with E-state index < -0.39 is 10.0 Å². The van der Waals surface area contributed by atoms with Gasteiger partial charge in [-0.1, -0.05) is 20.8 Å². The Morgan fingerprint density at radius 2 is 2.00 bits per heavy atom. The minimum atomic E-state index is -3.30. The van der Waals surface area contributed by atoms with Crippen LogP contribution in [0.5, 0.6) is 5.88 Å². The monoisotopic (exact) mass is 284 g/mol. The predicted octanol–water partition coefficient (Wildman–Crippen LogP) is 2.29. The quantitative estimate of drug-likeness (QED) is 0.921. The summed E-state index contributed by atoms with van der Waals surface area (Å²) in [6, 6.07) is 1.80. The van der Waals surface area contributed by atoms with Crippen LogP contribution in [0.2, 0.25) is 0 Å². The first-order chi connectivity index (χ1) is 8.74. The lowest BCUT2D eigenvalue weighted by Crippen LogP contribution is -2.19. The number of hydrogen-bond acceptors (Lipinski definition) is 4. The summed E-state index contributed by atoms with van der Waals surface area (Å²) < 4.78 is 31.7. The lowest BCUT2D eigenvalue weighted by atomic mass is 9.88. The Labute approximate surface area is 114 Å². The second-order valence-corrected chi connectivity index (χ2v) is 7.84. The average molecular weight is 284 g/mol. The second-order valence-electron chi connectivity index (χ2n) is 5.88. The van der Waals surface area contributed by atoms with E-state index in [1.54, 1.807) is 12.3 Å². The van der Waals surface area contributed by atoms with Crippen molar-refractivity contribution in [2.24, 2.45) is 0 Å². The molecule has 1 heterocycles. The molecule has 0 spiro atoms. The van der Waals surface area contributed by atoms with Crippen LogP contribution in [0.15, 0.2) is 12.3 Å². The number of nitrogens with one attached hydrogen (secondary N) is 1. The van der Waals surface area contributed by atoms with Gasteiger partial charge in [0.2, 0.25) is 15.9 Å². The smallest absolute Gasteiger partial charge is 0.238 e. The summed E-state index contributed by atoms with van der Waals surface area (Å²) in [4.78, 5) is 4.18. The van der Waals surface area contributed by atoms with E-state index in [0.717, 1.165) is 18.4 Å². The highest BCUT2D eigenvalue weighted by Crippen LogP contribution is 2.34. The summed E-state index contributed by atoms with van der Waals surface area (Å²) in [6.07, 6.45) is 3.17. The van der Waals surface area contributed by atoms with Gasteiger partial charge >= 0.3 is 0 Å². The van der Waals surface area contributed by atoms with Gasteiger partial charge in [0.25, 0.3) is 0 Å². The van der Waals surface area contributed by atoms with E-state index in [0.29, 0.717) is 11.6 Å². The molecule has 5 nitrogen and oxygen atoms in total. The molecule has 6 heteroatoms. The van der Waals surface area contributed by atoms with Crippen LogP contribution in [0, 0.1) is 0 Å². The number of rotatable bonds is 4. The molecule has 1 aromatic rings. The number of sulfonamides is 1. The maximum absolute atomic E-state index is 12.0. The summed E-state index contributed by atoms with van der Waals surface area (Å²) in [5.74, 6) is 0.303. The third-order valence-corrected chi connectivity index (χ3v) is 4.98. The Bertz CT molecular complexity index is 572. The Balaban J connectivity index is 2.36. The maximum Gasteiger partial charge on any atom is 0.238 e. The van der Waals surface area contributed by atoms with Crippen molar-refractivity contribution in [2.45, 2.75) is 44.3 Å². The van der Waals surface area contributed by atoms with Crippen LogP contribution in [0.25, 0.3) is 0 Å². The van der Waals surface area contributed by atoms with Crippen molar-refractivity contribution in [1.29, 1.82) is 0 Å². The highest BCUT2D eigenvalue weighted by atomic mass is 32.2. The number of methoxy groups -OCH3 is 1. The highest BCUT2D eigenvalue weighted by Gasteiger charge is 2.36. The van der Waals surface area contributed by atoms with Crippen molar-refractivity contribution in [1.82, 2.24) is 4.98 Å². The van der Waals surface area contributed by atoms with E-state index in [1.807, 2.05) is 0 Å². The summed E-state index contributed by atoms with van der Waals surface area (Å²) in [5, 5.41) is -0.268. The lowest BCUT2D eigenvalue weighted by molar-refractivity contribution is 0.399. The molecule has 0 atom stereocenters. The molecule has 0 aliphatic heterocycles. The van der Waals surface area contributed by atoms with Gasteiger partial charge in [-0.05, 0) is 29.9 Å². The molecular weight excluding hydrogens is 264 g/mol. The summed E-state index contributed by atoms with van der Waals surface area (Å²) in [6.45, 7) is 6.15. The first-order valence-corrected chi connectivity index (χ1v) is 7.85. The molecule has 0 saturated heterocycles. The van der Waals surface area contributed by atoms with Crippen molar-refractivity contribution in [2.75, 3.05) is 11.8 Å². The topological polar surface area (TPSA) is 68.3 Å². The second kappa shape index (κ2) is 4.67. The van der Waals surface area contributed by atoms with Crippen molar-refractivity contribution in [3.05, 3.63) is 17.8 Å². The first-order valence-electron chi connectivity index (χ1n) is 6.30. The van der Waals surface area contributed by atoms with Gasteiger partial charge in [0.05, 0.1) is 12.4 Å². The molecule has 1 saturated carbocycles. The first kappa shape index (κ1) is 14.1. The molecule has 2 rings (SSSR count). The standard InChI is InChI=1S/C13H20N2O3S/c1-13(2,3)9-7-11(12(18-4)14-8-9)15-19(16,17)10-5-6-10/h7-8,10,15H,5-6H2,1-4H3. The van der Waals surface area contributed by atoms with Gasteiger partial charge in [0, 0.05) is 6.20 Å². The number of pyridine rings is 1. The summed E-state index contributed by atoms with van der Waals surface area (Å²) in [7, 11) is -1.82. The van der Waals surface area contributed by atoms with Crippen molar-refractivity contribution < 1.29 is 13.2 Å². The lowest BCUT2D eigenvalue weighted by Gasteiger charge is -2.20. The normalized spacial score (nSPS) is 16.2. The van der Waals surface area contributed by atoms with Gasteiger partial charge in [-0.3, -0.25) is 4.72 Å². The summed E-state index contributed by atoms with van der Waals surface area (Å²) >= 11 is 0. The number of aromatic nitrogens is 1. The van der Waals surface area contributed by atoms with E-state index in [1.165, 1.54) is 7.11 Å². The minimum absolute atomic E-state index is 0.0982. The highest BCUT2D eigenvalue weighted by molar-refractivity contribution is 7.93. The third-order valence-electron chi connectivity index (χ3n) is 3.13. The Hall–Kier alpha value is -1.30. The van der Waals surface area contributed by atoms with Crippen molar-refractivity contribution in [3.8, 4) is 5.88 Å². The molecule has 0 radical (unpaired) electrons. The molecule has 0 unspecified atom stereocenters. The molecule has 1 aromatic heterocycles. The Morgan fingerprint density at radius 1 is 1.37 bits per heavy atom. The van der Waals surface area contributed by atoms with Crippen LogP contribution in [0.1, 0.15) is 39.2 Å². The average Bonchev–Trinajstić information content (AvgIpc) is 3.11. The van der Waals surface area contributed by atoms with Gasteiger partial charge in [-0.2, -0.15) is 0 Å². The molecule has 0 bridgehead atoms. The van der Waals surface area contributed by atoms with Gasteiger partial charge < -0.3 is 4.74 Å². The fraction of sp³-hybridized carbons (Fsp3) is 0.615. The molecular formula is C13H20N2O3S. The van der Waals surface area contributed by atoms with Crippen LogP contribution < -0.4 is 9.46 Å². The van der Waals surface area contributed by atoms with Gasteiger partial charge in [-0.15, -0.1) is 0 Å². The zero-order chi connectivity index (χ0) is 14.3. The molecule has 106 valence electrons. The van der Waals surface area contributed by atoms with E-state index in [9.17, 15) is 8.42 Å². The molecule has 1 N–H and O–H groups in total. The Kier molecular flexibility index (Phi) is 3.47. The number of hydrogen-bond donors (Lipinski definition) is 1. The predicted molar refractivity (Wildman–Crippen MR) is 75.1 cm³/mol. The summed E-state index contributed by atoms with van der Waals surface area (Å²) in [5.41, 5.74) is 1.28. The zero-order valence-corrected chi connectivity index (χ0v) is 12.5. The van der Waals surface area contributed by atoms with E-state index in [4.69, 9.17) is 4.74 Å². The van der Waals surface area contributed by atoms with E-state index >= 15 is 0 Å². The number of anilines is 1. The molecule has 0 aromatic carbocycles. The third kappa shape index (κ3) is 3.18. The van der Waals surface area contributed by atoms with Crippen LogP contribution in [-0.4, -0.2) is 25.8 Å². The molecule has 19 heavy (non-hydrogen) atoms. The van der Waals surface area contributed by atoms with Crippen molar-refractivity contribution >= 4 is 15.7 Å².